The Kier molecular flexibility index (Phi) is 5.37. The van der Waals surface area contributed by atoms with Crippen LogP contribution < -0.4 is 10.6 Å². The van der Waals surface area contributed by atoms with Gasteiger partial charge in [0, 0.05) is 18.8 Å². The normalized spacial score (nSPS) is 18.2. The number of piperidine rings is 1. The predicted octanol–water partition coefficient (Wildman–Crippen LogP) is 2.25. The molecule has 3 rings (SSSR count). The van der Waals surface area contributed by atoms with E-state index in [-0.39, 0.29) is 30.3 Å². The van der Waals surface area contributed by atoms with E-state index in [1.54, 1.807) is 6.20 Å². The average Bonchev–Trinajstić information content (AvgIpc) is 2.91. The molecule has 3 heterocycles. The fourth-order valence-electron chi connectivity index (χ4n) is 2.63. The third-order valence-electron chi connectivity index (χ3n) is 3.80. The van der Waals surface area contributed by atoms with E-state index in [9.17, 15) is 4.79 Å². The molecule has 6 nitrogen and oxygen atoms in total. The van der Waals surface area contributed by atoms with E-state index in [0.717, 1.165) is 37.0 Å². The van der Waals surface area contributed by atoms with Crippen molar-refractivity contribution in [1.82, 2.24) is 20.8 Å². The van der Waals surface area contributed by atoms with Crippen molar-refractivity contribution in [3.05, 3.63) is 23.5 Å². The van der Waals surface area contributed by atoms with Crippen LogP contribution in [0.5, 0.6) is 0 Å². The Morgan fingerprint density at radius 1 is 1.50 bits per heavy atom. The zero-order chi connectivity index (χ0) is 14.8. The molecule has 1 amide bonds. The molecule has 120 valence electrons. The summed E-state index contributed by atoms with van der Waals surface area (Å²) in [5.41, 5.74) is 1.87. The zero-order valence-corrected chi connectivity index (χ0v) is 13.6. The Bertz CT molecular complexity index is 650. The van der Waals surface area contributed by atoms with Gasteiger partial charge in [0.15, 0.2) is 0 Å². The summed E-state index contributed by atoms with van der Waals surface area (Å²) >= 11 is 0. The maximum Gasteiger partial charge on any atom is 0.257 e. The van der Waals surface area contributed by atoms with Gasteiger partial charge in [-0.3, -0.25) is 4.79 Å². The summed E-state index contributed by atoms with van der Waals surface area (Å²) in [7, 11) is 0. The average molecular weight is 325 g/mol. The molecule has 1 aliphatic heterocycles. The second-order valence-electron chi connectivity index (χ2n) is 5.82. The molecule has 2 aromatic heterocycles. The summed E-state index contributed by atoms with van der Waals surface area (Å²) in [6, 6.07) is 2.01. The molecule has 1 saturated heterocycles. The van der Waals surface area contributed by atoms with Crippen LogP contribution in [0.1, 0.15) is 48.7 Å². The lowest BCUT2D eigenvalue weighted by atomic mass is 10.1. The molecule has 0 aromatic carbocycles. The standard InChI is InChI=1S/C15H20N4O2.ClH/c1-9(2)13-12-6-10(7-17-15(12)21-19-13)14(20)18-11-4-3-5-16-8-11;/h6-7,9,11,16H,3-5,8H2,1-2H3,(H,18,20);1H/t11-;/m0./s1. The van der Waals surface area contributed by atoms with Gasteiger partial charge in [-0.1, -0.05) is 19.0 Å². The molecule has 1 fully saturated rings. The first-order valence-corrected chi connectivity index (χ1v) is 7.42. The Morgan fingerprint density at radius 3 is 3.00 bits per heavy atom. The lowest BCUT2D eigenvalue weighted by Crippen LogP contribution is -2.45. The van der Waals surface area contributed by atoms with Crippen molar-refractivity contribution in [2.75, 3.05) is 13.1 Å². The van der Waals surface area contributed by atoms with E-state index >= 15 is 0 Å². The molecule has 2 N–H and O–H groups in total. The lowest BCUT2D eigenvalue weighted by Gasteiger charge is -2.23. The van der Waals surface area contributed by atoms with Crippen LogP contribution >= 0.6 is 12.4 Å². The number of hydrogen-bond acceptors (Lipinski definition) is 5. The molecule has 0 radical (unpaired) electrons. The highest BCUT2D eigenvalue weighted by Crippen LogP contribution is 2.24. The topological polar surface area (TPSA) is 80.0 Å². The van der Waals surface area contributed by atoms with Crippen LogP contribution in [0.4, 0.5) is 0 Å². The summed E-state index contributed by atoms with van der Waals surface area (Å²) in [5.74, 6) is 0.142. The Hall–Kier alpha value is -1.66. The summed E-state index contributed by atoms with van der Waals surface area (Å²) in [4.78, 5) is 16.5. The number of hydrogen-bond donors (Lipinski definition) is 2. The Balaban J connectivity index is 0.00000176. The Labute approximate surface area is 135 Å². The van der Waals surface area contributed by atoms with E-state index in [0.29, 0.717) is 11.3 Å². The van der Waals surface area contributed by atoms with Crippen LogP contribution in [0.3, 0.4) is 0 Å². The second-order valence-corrected chi connectivity index (χ2v) is 5.82. The van der Waals surface area contributed by atoms with Gasteiger partial charge in [-0.25, -0.2) is 4.98 Å². The van der Waals surface area contributed by atoms with E-state index < -0.39 is 0 Å². The van der Waals surface area contributed by atoms with E-state index in [4.69, 9.17) is 4.52 Å². The number of nitrogens with one attached hydrogen (secondary N) is 2. The third-order valence-corrected chi connectivity index (χ3v) is 3.80. The van der Waals surface area contributed by atoms with Crippen LogP contribution in [0, 0.1) is 0 Å². The molecule has 1 atom stereocenters. The molecule has 0 saturated carbocycles. The first-order chi connectivity index (χ1) is 10.1. The van der Waals surface area contributed by atoms with Crippen LogP contribution in [0.25, 0.3) is 11.1 Å². The second kappa shape index (κ2) is 7.07. The number of pyridine rings is 1. The minimum Gasteiger partial charge on any atom is -0.348 e. The number of halogens is 1. The molecular weight excluding hydrogens is 304 g/mol. The van der Waals surface area contributed by atoms with Gasteiger partial charge in [0.05, 0.1) is 16.6 Å². The maximum atomic E-state index is 12.3. The lowest BCUT2D eigenvalue weighted by molar-refractivity contribution is 0.0930. The summed E-state index contributed by atoms with van der Waals surface area (Å²) in [6.07, 6.45) is 3.65. The van der Waals surface area contributed by atoms with Crippen LogP contribution in [0.2, 0.25) is 0 Å². The molecule has 7 heteroatoms. The number of amides is 1. The van der Waals surface area contributed by atoms with Gasteiger partial charge < -0.3 is 15.2 Å². The van der Waals surface area contributed by atoms with Gasteiger partial charge >= 0.3 is 0 Å². The quantitative estimate of drug-likeness (QED) is 0.905. The number of fused-ring (bicyclic) bond motifs is 1. The molecule has 0 spiro atoms. The molecule has 0 aliphatic carbocycles. The molecule has 0 unspecified atom stereocenters. The van der Waals surface area contributed by atoms with Gasteiger partial charge in [0.1, 0.15) is 0 Å². The van der Waals surface area contributed by atoms with Crippen molar-refractivity contribution in [3.63, 3.8) is 0 Å². The molecular formula is C15H21ClN4O2. The fourth-order valence-corrected chi connectivity index (χ4v) is 2.63. The molecule has 2 aromatic rings. The van der Waals surface area contributed by atoms with Crippen LogP contribution in [0.15, 0.2) is 16.8 Å². The van der Waals surface area contributed by atoms with Crippen molar-refractivity contribution >= 4 is 29.4 Å². The zero-order valence-electron chi connectivity index (χ0n) is 12.8. The maximum absolute atomic E-state index is 12.3. The third kappa shape index (κ3) is 3.39. The van der Waals surface area contributed by atoms with Crippen LogP contribution in [-0.2, 0) is 0 Å². The van der Waals surface area contributed by atoms with Crippen molar-refractivity contribution in [2.45, 2.75) is 38.6 Å². The van der Waals surface area contributed by atoms with Gasteiger partial charge in [-0.05, 0) is 31.4 Å². The van der Waals surface area contributed by atoms with Gasteiger partial charge in [0.25, 0.3) is 11.6 Å². The predicted molar refractivity (Wildman–Crippen MR) is 86.5 cm³/mol. The monoisotopic (exact) mass is 324 g/mol. The van der Waals surface area contributed by atoms with Gasteiger partial charge in [0.2, 0.25) is 0 Å². The van der Waals surface area contributed by atoms with Crippen molar-refractivity contribution < 1.29 is 9.32 Å². The van der Waals surface area contributed by atoms with Crippen molar-refractivity contribution in [3.8, 4) is 0 Å². The minimum absolute atomic E-state index is 0. The highest BCUT2D eigenvalue weighted by atomic mass is 35.5. The van der Waals surface area contributed by atoms with E-state index in [2.05, 4.69) is 20.8 Å². The first-order valence-electron chi connectivity index (χ1n) is 7.42. The highest BCUT2D eigenvalue weighted by Gasteiger charge is 2.19. The summed E-state index contributed by atoms with van der Waals surface area (Å²) in [5, 5.41) is 11.2. The number of carbonyl (C=O) groups is 1. The fraction of sp³-hybridized carbons (Fsp3) is 0.533. The van der Waals surface area contributed by atoms with Crippen LogP contribution in [-0.4, -0.2) is 35.2 Å². The van der Waals surface area contributed by atoms with Gasteiger partial charge in [-0.2, -0.15) is 0 Å². The number of aromatic nitrogens is 2. The van der Waals surface area contributed by atoms with E-state index in [1.165, 1.54) is 0 Å². The first kappa shape index (κ1) is 16.7. The minimum atomic E-state index is -0.0889. The van der Waals surface area contributed by atoms with E-state index in [1.807, 2.05) is 19.9 Å². The molecule has 1 aliphatic rings. The van der Waals surface area contributed by atoms with Gasteiger partial charge in [-0.15, -0.1) is 12.4 Å². The molecule has 0 bridgehead atoms. The Morgan fingerprint density at radius 2 is 2.32 bits per heavy atom. The smallest absolute Gasteiger partial charge is 0.257 e. The van der Waals surface area contributed by atoms with Crippen molar-refractivity contribution in [1.29, 1.82) is 0 Å². The number of rotatable bonds is 3. The van der Waals surface area contributed by atoms with Crippen molar-refractivity contribution in [2.24, 2.45) is 0 Å². The largest absolute Gasteiger partial charge is 0.348 e. The number of carbonyl (C=O) groups excluding carboxylic acids is 1. The summed E-state index contributed by atoms with van der Waals surface area (Å²) in [6.45, 7) is 5.93. The SMILES string of the molecule is CC(C)c1noc2ncc(C(=O)N[C@H]3CCCNC3)cc12.Cl. The number of nitrogens with zero attached hydrogens (tertiary/aromatic N) is 2. The molecule has 22 heavy (non-hydrogen) atoms. The summed E-state index contributed by atoms with van der Waals surface area (Å²) < 4.78 is 5.19. The highest BCUT2D eigenvalue weighted by molar-refractivity contribution is 5.97.